The molecule has 0 aromatic carbocycles. The third-order valence-electron chi connectivity index (χ3n) is 0.577. The fourth-order valence-corrected chi connectivity index (χ4v) is 0.283. The van der Waals surface area contributed by atoms with Gasteiger partial charge in [0.25, 0.3) is 0 Å². The monoisotopic (exact) mass is 163 g/mol. The average Bonchev–Trinajstić information content (AvgIpc) is 1.69. The zero-order chi connectivity index (χ0) is 5.54. The van der Waals surface area contributed by atoms with Gasteiger partial charge in [-0.2, -0.15) is 0 Å². The first-order chi connectivity index (χ1) is 3.41. The maximum atomic E-state index is 8.15. The molecule has 0 aliphatic rings. The molecule has 0 aliphatic carbocycles. The van der Waals surface area contributed by atoms with Gasteiger partial charge in [0.05, 0.1) is 13.2 Å². The van der Waals surface area contributed by atoms with Gasteiger partial charge in [-0.1, -0.05) is 0 Å². The van der Waals surface area contributed by atoms with E-state index < -0.39 is 0 Å². The number of hydrogen-bond donors (Lipinski definition) is 3. The van der Waals surface area contributed by atoms with Gasteiger partial charge in [0.15, 0.2) is 0 Å². The normalized spacial score (nSPS) is 7.33. The SMILES string of the molecule is OCCNCCO.[Cl-].[Na+]. The Morgan fingerprint density at radius 2 is 1.33 bits per heavy atom. The number of hydrogen-bond acceptors (Lipinski definition) is 3. The summed E-state index contributed by atoms with van der Waals surface area (Å²) in [6.45, 7) is 1.42. The van der Waals surface area contributed by atoms with Crippen molar-refractivity contribution in [3.8, 4) is 0 Å². The van der Waals surface area contributed by atoms with Crippen LogP contribution in [0.4, 0.5) is 0 Å². The minimum atomic E-state index is 0. The third kappa shape index (κ3) is 17.6. The molecule has 9 heavy (non-hydrogen) atoms. The van der Waals surface area contributed by atoms with E-state index in [2.05, 4.69) is 5.32 Å². The molecule has 0 radical (unpaired) electrons. The summed E-state index contributed by atoms with van der Waals surface area (Å²) < 4.78 is 0. The number of rotatable bonds is 4. The van der Waals surface area contributed by atoms with Crippen molar-refractivity contribution in [2.24, 2.45) is 0 Å². The van der Waals surface area contributed by atoms with E-state index in [-0.39, 0.29) is 55.2 Å². The van der Waals surface area contributed by atoms with Crippen molar-refractivity contribution in [1.29, 1.82) is 0 Å². The minimum Gasteiger partial charge on any atom is -1.00 e. The molecule has 0 amide bonds. The summed E-state index contributed by atoms with van der Waals surface area (Å²) >= 11 is 0. The molecular weight excluding hydrogens is 152 g/mol. The predicted molar refractivity (Wildman–Crippen MR) is 27.0 cm³/mol. The maximum Gasteiger partial charge on any atom is 1.00 e. The zero-order valence-corrected chi connectivity index (χ0v) is 8.36. The van der Waals surface area contributed by atoms with Crippen molar-refractivity contribution < 1.29 is 52.2 Å². The Hall–Kier alpha value is 1.17. The van der Waals surface area contributed by atoms with Gasteiger partial charge in [0, 0.05) is 13.1 Å². The molecule has 52 valence electrons. The van der Waals surface area contributed by atoms with Crippen LogP contribution in [0.15, 0.2) is 0 Å². The largest absolute Gasteiger partial charge is 1.00 e. The third-order valence-corrected chi connectivity index (χ3v) is 0.577. The number of nitrogens with one attached hydrogen (secondary N) is 1. The molecule has 0 unspecified atom stereocenters. The molecule has 0 rings (SSSR count). The molecule has 0 saturated heterocycles. The van der Waals surface area contributed by atoms with Crippen molar-refractivity contribution in [2.75, 3.05) is 26.3 Å². The summed E-state index contributed by atoms with van der Waals surface area (Å²) in [5, 5.41) is 19.1. The van der Waals surface area contributed by atoms with E-state index in [9.17, 15) is 0 Å². The Bertz CT molecular complexity index is 37.7. The first-order valence-corrected chi connectivity index (χ1v) is 2.34. The second-order valence-corrected chi connectivity index (χ2v) is 1.20. The van der Waals surface area contributed by atoms with Gasteiger partial charge >= 0.3 is 29.6 Å². The van der Waals surface area contributed by atoms with Crippen molar-refractivity contribution >= 4 is 0 Å². The molecule has 0 fully saturated rings. The Morgan fingerprint density at radius 3 is 1.56 bits per heavy atom. The van der Waals surface area contributed by atoms with E-state index in [1.54, 1.807) is 0 Å². The van der Waals surface area contributed by atoms with Crippen LogP contribution in [0.2, 0.25) is 0 Å². The topological polar surface area (TPSA) is 52.5 Å². The van der Waals surface area contributed by atoms with Crippen LogP contribution in [-0.2, 0) is 0 Å². The fraction of sp³-hybridized carbons (Fsp3) is 1.00. The summed E-state index contributed by atoms with van der Waals surface area (Å²) in [7, 11) is 0. The molecular formula is C4H11ClNNaO2. The summed E-state index contributed by atoms with van der Waals surface area (Å²) in [4.78, 5) is 0. The van der Waals surface area contributed by atoms with Gasteiger partial charge in [-0.15, -0.1) is 0 Å². The maximum absolute atomic E-state index is 8.15. The Kier molecular flexibility index (Phi) is 29.7. The minimum absolute atomic E-state index is 0. The van der Waals surface area contributed by atoms with Gasteiger partial charge in [-0.05, 0) is 0 Å². The standard InChI is InChI=1S/C4H11NO2.ClH.Na/c6-3-1-5-2-4-7;;/h5-7H,1-4H2;1H;/q;;+1/p-1. The van der Waals surface area contributed by atoms with Gasteiger partial charge in [0.2, 0.25) is 0 Å². The molecule has 0 atom stereocenters. The summed E-state index contributed by atoms with van der Waals surface area (Å²) in [6, 6.07) is 0. The molecule has 0 aromatic heterocycles. The van der Waals surface area contributed by atoms with E-state index >= 15 is 0 Å². The van der Waals surface area contributed by atoms with E-state index in [1.807, 2.05) is 0 Å². The number of aliphatic hydroxyl groups is 2. The van der Waals surface area contributed by atoms with Crippen LogP contribution in [0, 0.1) is 0 Å². The van der Waals surface area contributed by atoms with Crippen LogP contribution in [0.5, 0.6) is 0 Å². The molecule has 0 heterocycles. The second kappa shape index (κ2) is 16.1. The Balaban J connectivity index is -0.000000180. The molecule has 0 aliphatic heterocycles. The van der Waals surface area contributed by atoms with E-state index in [1.165, 1.54) is 0 Å². The van der Waals surface area contributed by atoms with Crippen molar-refractivity contribution in [3.05, 3.63) is 0 Å². The van der Waals surface area contributed by atoms with Crippen LogP contribution in [0.25, 0.3) is 0 Å². The van der Waals surface area contributed by atoms with E-state index in [0.717, 1.165) is 0 Å². The Labute approximate surface area is 83.5 Å². The zero-order valence-electron chi connectivity index (χ0n) is 5.60. The van der Waals surface area contributed by atoms with Gasteiger partial charge in [-0.25, -0.2) is 0 Å². The predicted octanol–water partition coefficient (Wildman–Crippen LogP) is -7.43. The summed E-state index contributed by atoms with van der Waals surface area (Å²) in [6.07, 6.45) is 0. The van der Waals surface area contributed by atoms with Crippen molar-refractivity contribution in [3.63, 3.8) is 0 Å². The molecule has 0 spiro atoms. The smallest absolute Gasteiger partial charge is 1.00 e. The summed E-state index contributed by atoms with van der Waals surface area (Å²) in [5.41, 5.74) is 0. The first kappa shape index (κ1) is 16.6. The van der Waals surface area contributed by atoms with E-state index in [4.69, 9.17) is 10.2 Å². The number of halogens is 1. The average molecular weight is 164 g/mol. The quantitative estimate of drug-likeness (QED) is 0.285. The number of aliphatic hydroxyl groups excluding tert-OH is 2. The van der Waals surface area contributed by atoms with Crippen LogP contribution in [0.3, 0.4) is 0 Å². The van der Waals surface area contributed by atoms with Crippen LogP contribution in [-0.4, -0.2) is 36.5 Å². The molecule has 5 heteroatoms. The Morgan fingerprint density at radius 1 is 1.00 bits per heavy atom. The molecule has 3 nitrogen and oxygen atoms in total. The molecule has 0 aromatic rings. The van der Waals surface area contributed by atoms with Crippen LogP contribution < -0.4 is 47.3 Å². The van der Waals surface area contributed by atoms with Crippen molar-refractivity contribution in [2.45, 2.75) is 0 Å². The second-order valence-electron chi connectivity index (χ2n) is 1.20. The first-order valence-electron chi connectivity index (χ1n) is 2.34. The van der Waals surface area contributed by atoms with E-state index in [0.29, 0.717) is 13.1 Å². The fourth-order valence-electron chi connectivity index (χ4n) is 0.283. The molecule has 3 N–H and O–H groups in total. The molecule has 0 saturated carbocycles. The molecule has 0 bridgehead atoms. The van der Waals surface area contributed by atoms with Crippen LogP contribution >= 0.6 is 0 Å². The van der Waals surface area contributed by atoms with Gasteiger partial charge < -0.3 is 27.9 Å². The van der Waals surface area contributed by atoms with Crippen LogP contribution in [0.1, 0.15) is 0 Å². The summed E-state index contributed by atoms with van der Waals surface area (Å²) in [5.74, 6) is 0. The van der Waals surface area contributed by atoms with Gasteiger partial charge in [0.1, 0.15) is 0 Å². The van der Waals surface area contributed by atoms with Crippen molar-refractivity contribution in [1.82, 2.24) is 5.32 Å². The van der Waals surface area contributed by atoms with Gasteiger partial charge in [-0.3, -0.25) is 0 Å².